The van der Waals surface area contributed by atoms with Crippen molar-refractivity contribution >= 4 is 23.1 Å². The third-order valence-electron chi connectivity index (χ3n) is 5.85. The van der Waals surface area contributed by atoms with Gasteiger partial charge in [0, 0.05) is 30.3 Å². The normalized spacial score (nSPS) is 20.5. The highest BCUT2D eigenvalue weighted by Gasteiger charge is 2.45. The minimum atomic E-state index is -0.216. The lowest BCUT2D eigenvalue weighted by Crippen LogP contribution is -2.37. The van der Waals surface area contributed by atoms with E-state index in [0.29, 0.717) is 16.9 Å². The number of nitrogens with zero attached hydrogens (tertiary/aromatic N) is 6. The summed E-state index contributed by atoms with van der Waals surface area (Å²) < 4.78 is 7.89. The molecule has 1 saturated carbocycles. The highest BCUT2D eigenvalue weighted by atomic mass is 35.5. The molecule has 9 heteroatoms. The van der Waals surface area contributed by atoms with Gasteiger partial charge in [0.15, 0.2) is 0 Å². The fourth-order valence-electron chi connectivity index (χ4n) is 3.89. The predicted molar refractivity (Wildman–Crippen MR) is 103 cm³/mol. The van der Waals surface area contributed by atoms with Crippen LogP contribution >= 0.6 is 11.6 Å². The molecule has 5 heterocycles. The summed E-state index contributed by atoms with van der Waals surface area (Å²) in [6, 6.07) is 6.05. The second-order valence-electron chi connectivity index (χ2n) is 7.82. The topological polar surface area (TPSA) is 88.1 Å². The molecule has 1 atom stereocenters. The van der Waals surface area contributed by atoms with Gasteiger partial charge in [0.2, 0.25) is 5.89 Å². The van der Waals surface area contributed by atoms with Crippen molar-refractivity contribution in [2.45, 2.75) is 37.6 Å². The Morgan fingerprint density at radius 3 is 3.04 bits per heavy atom. The van der Waals surface area contributed by atoms with E-state index in [1.807, 2.05) is 24.4 Å². The summed E-state index contributed by atoms with van der Waals surface area (Å²) in [5.41, 5.74) is 3.78. The molecule has 28 heavy (non-hydrogen) atoms. The van der Waals surface area contributed by atoms with Crippen molar-refractivity contribution < 1.29 is 4.42 Å². The fraction of sp³-hybridized carbons (Fsp3) is 0.368. The van der Waals surface area contributed by atoms with Crippen LogP contribution in [-0.2, 0) is 11.8 Å². The van der Waals surface area contributed by atoms with E-state index in [1.165, 1.54) is 0 Å². The van der Waals surface area contributed by atoms with Crippen molar-refractivity contribution in [1.29, 1.82) is 0 Å². The van der Waals surface area contributed by atoms with Crippen molar-refractivity contribution in [2.24, 2.45) is 0 Å². The van der Waals surface area contributed by atoms with Crippen LogP contribution in [0.2, 0.25) is 5.02 Å². The zero-order valence-electron chi connectivity index (χ0n) is 15.3. The molecular formula is C19H18ClN7O. The summed E-state index contributed by atoms with van der Waals surface area (Å²) in [6.07, 6.45) is 6.63. The van der Waals surface area contributed by atoms with Gasteiger partial charge in [0.1, 0.15) is 6.04 Å². The van der Waals surface area contributed by atoms with Gasteiger partial charge in [-0.1, -0.05) is 23.6 Å². The molecule has 1 fully saturated rings. The van der Waals surface area contributed by atoms with Crippen molar-refractivity contribution in [1.82, 2.24) is 29.8 Å². The van der Waals surface area contributed by atoms with E-state index in [-0.39, 0.29) is 11.5 Å². The summed E-state index contributed by atoms with van der Waals surface area (Å²) in [4.78, 5) is 9.93. The molecule has 8 nitrogen and oxygen atoms in total. The van der Waals surface area contributed by atoms with Crippen LogP contribution in [0, 0.1) is 0 Å². The molecule has 4 aromatic heterocycles. The third-order valence-corrected chi connectivity index (χ3v) is 6.17. The number of nitrogens with one attached hydrogen (secondary N) is 1. The predicted octanol–water partition coefficient (Wildman–Crippen LogP) is 3.30. The lowest BCUT2D eigenvalue weighted by atomic mass is 10.0. The van der Waals surface area contributed by atoms with Crippen LogP contribution < -0.4 is 4.90 Å². The maximum atomic E-state index is 6.37. The summed E-state index contributed by atoms with van der Waals surface area (Å²) in [7, 11) is 0. The van der Waals surface area contributed by atoms with Crippen molar-refractivity contribution in [3.05, 3.63) is 58.7 Å². The van der Waals surface area contributed by atoms with Crippen molar-refractivity contribution in [2.75, 3.05) is 11.4 Å². The first-order valence-corrected chi connectivity index (χ1v) is 9.77. The lowest BCUT2D eigenvalue weighted by Gasteiger charge is -2.32. The first-order chi connectivity index (χ1) is 13.6. The van der Waals surface area contributed by atoms with Crippen molar-refractivity contribution in [3.8, 4) is 0 Å². The quantitative estimate of drug-likeness (QED) is 0.572. The van der Waals surface area contributed by atoms with Gasteiger partial charge >= 0.3 is 6.01 Å². The van der Waals surface area contributed by atoms with E-state index in [9.17, 15) is 0 Å². The Morgan fingerprint density at radius 2 is 2.21 bits per heavy atom. The number of anilines is 1. The van der Waals surface area contributed by atoms with E-state index in [2.05, 4.69) is 32.0 Å². The summed E-state index contributed by atoms with van der Waals surface area (Å²) in [5.74, 6) is 0.715. The van der Waals surface area contributed by atoms with Crippen LogP contribution in [0.3, 0.4) is 0 Å². The Morgan fingerprint density at radius 1 is 1.32 bits per heavy atom. The molecule has 142 valence electrons. The summed E-state index contributed by atoms with van der Waals surface area (Å²) >= 11 is 6.37. The number of halogens is 1. The minimum Gasteiger partial charge on any atom is -0.407 e. The number of fused-ring (bicyclic) bond motifs is 2. The van der Waals surface area contributed by atoms with Crippen molar-refractivity contribution in [3.63, 3.8) is 0 Å². The molecule has 1 aliphatic carbocycles. The second kappa shape index (κ2) is 5.57. The molecule has 2 aliphatic rings. The maximum absolute atomic E-state index is 6.37. The molecule has 1 unspecified atom stereocenters. The largest absolute Gasteiger partial charge is 0.407 e. The summed E-state index contributed by atoms with van der Waals surface area (Å²) in [6.45, 7) is 2.90. The maximum Gasteiger partial charge on any atom is 0.319 e. The number of aromatic nitrogens is 6. The number of hydrogen-bond acceptors (Lipinski definition) is 6. The number of H-pyrrole nitrogens is 1. The molecule has 0 radical (unpaired) electrons. The molecule has 0 saturated heterocycles. The van der Waals surface area contributed by atoms with Gasteiger partial charge in [-0.25, -0.2) is 9.50 Å². The van der Waals surface area contributed by atoms with Gasteiger partial charge in [-0.15, -0.1) is 5.10 Å². The molecule has 0 aromatic carbocycles. The van der Waals surface area contributed by atoms with Crippen LogP contribution in [0.15, 0.2) is 35.1 Å². The first-order valence-electron chi connectivity index (χ1n) is 9.39. The molecule has 0 amide bonds. The van der Waals surface area contributed by atoms with Gasteiger partial charge in [-0.3, -0.25) is 0 Å². The fourth-order valence-corrected chi connectivity index (χ4v) is 4.11. The monoisotopic (exact) mass is 395 g/mol. The molecule has 1 N–H and O–H groups in total. The second-order valence-corrected chi connectivity index (χ2v) is 8.23. The molecule has 0 bridgehead atoms. The molecule has 4 aromatic rings. The Kier molecular flexibility index (Phi) is 3.21. The first kappa shape index (κ1) is 16.1. The zero-order valence-corrected chi connectivity index (χ0v) is 16.0. The average molecular weight is 396 g/mol. The lowest BCUT2D eigenvalue weighted by molar-refractivity contribution is 0.431. The van der Waals surface area contributed by atoms with E-state index < -0.39 is 0 Å². The molecule has 6 rings (SSSR count). The Hall–Kier alpha value is -2.87. The van der Waals surface area contributed by atoms with Gasteiger partial charge in [0.05, 0.1) is 28.3 Å². The van der Waals surface area contributed by atoms with E-state index in [4.69, 9.17) is 21.1 Å². The van der Waals surface area contributed by atoms with Gasteiger partial charge in [0.25, 0.3) is 0 Å². The van der Waals surface area contributed by atoms with Crippen LogP contribution in [-0.4, -0.2) is 36.3 Å². The Balaban J connectivity index is 1.48. The average Bonchev–Trinajstić information content (AvgIpc) is 3.16. The minimum absolute atomic E-state index is 0.0324. The molecule has 1 aliphatic heterocycles. The van der Waals surface area contributed by atoms with Crippen LogP contribution in [0.5, 0.6) is 0 Å². The summed E-state index contributed by atoms with van der Waals surface area (Å²) in [5, 5.41) is 14.1. The van der Waals surface area contributed by atoms with Crippen LogP contribution in [0.4, 0.5) is 6.01 Å². The number of aromatic amines is 1. The Labute approximate surface area is 165 Å². The zero-order chi connectivity index (χ0) is 18.9. The number of imidazole rings is 1. The van der Waals surface area contributed by atoms with Gasteiger partial charge in [-0.2, -0.15) is 5.10 Å². The highest BCUT2D eigenvalue weighted by molar-refractivity contribution is 6.33. The molecular weight excluding hydrogens is 378 g/mol. The SMILES string of the molecule is CC1(c2nnc(N3CCc4[nH]cnc4C3c3cc4c(Cl)cccn4n3)o2)CC1. The van der Waals surface area contributed by atoms with Crippen LogP contribution in [0.1, 0.15) is 48.8 Å². The van der Waals surface area contributed by atoms with E-state index in [1.54, 1.807) is 10.8 Å². The van der Waals surface area contributed by atoms with Gasteiger partial charge in [-0.05, 0) is 31.0 Å². The standard InChI is InChI=1S/C19H18ClN7O/c1-19(5-6-19)17-23-24-18(28-17)26-8-4-12-15(22-10-21-12)16(26)13-9-14-11(20)3-2-7-27(14)25-13/h2-3,7,9-10,16H,4-6,8H2,1H3,(H,21,22). The number of pyridine rings is 1. The van der Waals surface area contributed by atoms with E-state index in [0.717, 1.165) is 48.4 Å². The third kappa shape index (κ3) is 2.30. The van der Waals surface area contributed by atoms with E-state index >= 15 is 0 Å². The van der Waals surface area contributed by atoms with Gasteiger partial charge < -0.3 is 14.3 Å². The molecule has 0 spiro atoms. The van der Waals surface area contributed by atoms with Crippen LogP contribution in [0.25, 0.3) is 5.52 Å². The number of hydrogen-bond donors (Lipinski definition) is 1. The smallest absolute Gasteiger partial charge is 0.319 e. The highest BCUT2D eigenvalue weighted by Crippen LogP contribution is 2.48. The Bertz CT molecular complexity index is 1190. The number of rotatable bonds is 3.